The van der Waals surface area contributed by atoms with E-state index in [9.17, 15) is 0 Å². The lowest BCUT2D eigenvalue weighted by atomic mass is 10.6. The molecule has 0 aliphatic carbocycles. The van der Waals surface area contributed by atoms with Crippen molar-refractivity contribution in [3.05, 3.63) is 16.0 Å². The molecule has 5 heteroatoms. The molecule has 3 nitrogen and oxygen atoms in total. The van der Waals surface area contributed by atoms with Crippen molar-refractivity contribution in [3.8, 4) is 0 Å². The van der Waals surface area contributed by atoms with Crippen LogP contribution in [0.25, 0.3) is 0 Å². The smallest absolute Gasteiger partial charge is 0.225 e. The third kappa shape index (κ3) is 2.75. The summed E-state index contributed by atoms with van der Waals surface area (Å²) in [6, 6.07) is 0. The molecule has 0 aromatic carbocycles. The number of aromatic nitrogens is 2. The van der Waals surface area contributed by atoms with Gasteiger partial charge in [0.15, 0.2) is 0 Å². The monoisotopic (exact) mass is 297 g/mol. The Morgan fingerprint density at radius 3 is 2.58 bits per heavy atom. The zero-order valence-electron chi connectivity index (χ0n) is 6.67. The van der Waals surface area contributed by atoms with Crippen LogP contribution in [0.1, 0.15) is 0 Å². The van der Waals surface area contributed by atoms with Crippen LogP contribution in [0.5, 0.6) is 0 Å². The van der Waals surface area contributed by atoms with E-state index in [0.29, 0.717) is 5.88 Å². The molecular weight excluding hydrogens is 288 g/mol. The lowest BCUT2D eigenvalue weighted by Crippen LogP contribution is -2.21. The lowest BCUT2D eigenvalue weighted by molar-refractivity contribution is 0.902. The Morgan fingerprint density at radius 1 is 1.50 bits per heavy atom. The zero-order valence-corrected chi connectivity index (χ0v) is 9.58. The molecule has 0 spiro atoms. The molecule has 1 heterocycles. The molecule has 0 fully saturated rings. The first-order valence-corrected chi connectivity index (χ1v) is 5.10. The molecule has 1 aromatic heterocycles. The normalized spacial score (nSPS) is 9.92. The van der Waals surface area contributed by atoms with E-state index in [4.69, 9.17) is 11.6 Å². The van der Waals surface area contributed by atoms with Gasteiger partial charge in [-0.2, -0.15) is 0 Å². The van der Waals surface area contributed by atoms with Gasteiger partial charge in [-0.15, -0.1) is 11.6 Å². The maximum atomic E-state index is 5.58. The van der Waals surface area contributed by atoms with E-state index in [-0.39, 0.29) is 0 Å². The molecular formula is C7H9ClIN3. The molecule has 0 unspecified atom stereocenters. The third-order valence-corrected chi connectivity index (χ3v) is 2.09. The number of anilines is 1. The summed E-state index contributed by atoms with van der Waals surface area (Å²) in [5.74, 6) is 1.31. The quantitative estimate of drug-likeness (QED) is 0.629. The maximum Gasteiger partial charge on any atom is 0.225 e. The molecule has 12 heavy (non-hydrogen) atoms. The van der Waals surface area contributed by atoms with Gasteiger partial charge >= 0.3 is 0 Å². The molecule has 0 aliphatic rings. The first kappa shape index (κ1) is 9.98. The Labute approximate surface area is 90.3 Å². The first-order valence-electron chi connectivity index (χ1n) is 3.48. The molecule has 0 saturated heterocycles. The van der Waals surface area contributed by atoms with Crippen molar-refractivity contribution >= 4 is 40.1 Å². The molecule has 0 saturated carbocycles. The van der Waals surface area contributed by atoms with E-state index in [1.54, 1.807) is 12.4 Å². The highest BCUT2D eigenvalue weighted by Gasteiger charge is 2.01. The molecule has 0 bridgehead atoms. The van der Waals surface area contributed by atoms with Gasteiger partial charge in [-0.05, 0) is 22.6 Å². The van der Waals surface area contributed by atoms with E-state index in [2.05, 4.69) is 32.6 Å². The van der Waals surface area contributed by atoms with Crippen LogP contribution in [0.15, 0.2) is 12.4 Å². The van der Waals surface area contributed by atoms with Gasteiger partial charge in [0.1, 0.15) is 0 Å². The van der Waals surface area contributed by atoms with Gasteiger partial charge in [-0.1, -0.05) is 0 Å². The van der Waals surface area contributed by atoms with Crippen molar-refractivity contribution in [2.75, 3.05) is 24.4 Å². The third-order valence-electron chi connectivity index (χ3n) is 1.37. The Hall–Kier alpha value is -0.100. The van der Waals surface area contributed by atoms with Gasteiger partial charge in [0.05, 0.1) is 0 Å². The largest absolute Gasteiger partial charge is 0.343 e. The van der Waals surface area contributed by atoms with Gasteiger partial charge in [0, 0.05) is 35.4 Å². The molecule has 0 N–H and O–H groups in total. The number of alkyl halides is 1. The minimum atomic E-state index is 0.589. The van der Waals surface area contributed by atoms with Crippen molar-refractivity contribution < 1.29 is 0 Å². The van der Waals surface area contributed by atoms with Gasteiger partial charge in [0.25, 0.3) is 0 Å². The summed E-state index contributed by atoms with van der Waals surface area (Å²) in [6.07, 6.45) is 3.57. The Morgan fingerprint density at radius 2 is 2.08 bits per heavy atom. The topological polar surface area (TPSA) is 29.0 Å². The highest BCUT2D eigenvalue weighted by Crippen LogP contribution is 2.06. The van der Waals surface area contributed by atoms with Crippen LogP contribution < -0.4 is 4.90 Å². The summed E-state index contributed by atoms with van der Waals surface area (Å²) in [6.45, 7) is 0.766. The fraction of sp³-hybridized carbons (Fsp3) is 0.429. The summed E-state index contributed by atoms with van der Waals surface area (Å²) in [4.78, 5) is 10.2. The van der Waals surface area contributed by atoms with E-state index in [0.717, 1.165) is 16.1 Å². The Bertz CT molecular complexity index is 239. The van der Waals surface area contributed by atoms with Crippen molar-refractivity contribution in [2.24, 2.45) is 0 Å². The van der Waals surface area contributed by atoms with Gasteiger partial charge in [0.2, 0.25) is 5.95 Å². The second-order valence-electron chi connectivity index (χ2n) is 2.31. The lowest BCUT2D eigenvalue weighted by Gasteiger charge is -2.14. The second-order valence-corrected chi connectivity index (χ2v) is 3.94. The molecule has 0 amide bonds. The number of rotatable bonds is 3. The summed E-state index contributed by atoms with van der Waals surface area (Å²) in [5, 5.41) is 0. The number of halogens is 2. The molecule has 0 radical (unpaired) electrons. The molecule has 66 valence electrons. The maximum absolute atomic E-state index is 5.58. The van der Waals surface area contributed by atoms with Crippen LogP contribution in [0.3, 0.4) is 0 Å². The highest BCUT2D eigenvalue weighted by molar-refractivity contribution is 14.1. The number of hydrogen-bond acceptors (Lipinski definition) is 3. The average Bonchev–Trinajstić information content (AvgIpc) is 2.06. The van der Waals surface area contributed by atoms with Crippen LogP contribution in [0.2, 0.25) is 0 Å². The second kappa shape index (κ2) is 4.81. The Balaban J connectivity index is 2.68. The fourth-order valence-electron chi connectivity index (χ4n) is 0.729. The molecule has 0 aliphatic heterocycles. The SMILES string of the molecule is CN(CCCl)c1ncc(I)cn1. The molecule has 1 rings (SSSR count). The van der Waals surface area contributed by atoms with E-state index >= 15 is 0 Å². The molecule has 1 aromatic rings. The van der Waals surface area contributed by atoms with Crippen LogP contribution in [-0.2, 0) is 0 Å². The minimum absolute atomic E-state index is 0.589. The van der Waals surface area contributed by atoms with Crippen molar-refractivity contribution in [3.63, 3.8) is 0 Å². The van der Waals surface area contributed by atoms with E-state index < -0.39 is 0 Å². The molecule has 0 atom stereocenters. The van der Waals surface area contributed by atoms with Gasteiger partial charge in [-0.25, -0.2) is 9.97 Å². The van der Waals surface area contributed by atoms with Crippen molar-refractivity contribution in [1.29, 1.82) is 0 Å². The van der Waals surface area contributed by atoms with E-state index in [1.807, 2.05) is 11.9 Å². The number of hydrogen-bond donors (Lipinski definition) is 0. The van der Waals surface area contributed by atoms with Crippen molar-refractivity contribution in [2.45, 2.75) is 0 Å². The van der Waals surface area contributed by atoms with Gasteiger partial charge < -0.3 is 4.90 Å². The predicted octanol–water partition coefficient (Wildman–Crippen LogP) is 1.76. The first-order chi connectivity index (χ1) is 5.74. The predicted molar refractivity (Wildman–Crippen MR) is 58.7 cm³/mol. The highest BCUT2D eigenvalue weighted by atomic mass is 127. The number of nitrogens with zero attached hydrogens (tertiary/aromatic N) is 3. The van der Waals surface area contributed by atoms with Crippen LogP contribution in [0, 0.1) is 3.57 Å². The minimum Gasteiger partial charge on any atom is -0.343 e. The Kier molecular flexibility index (Phi) is 4.00. The van der Waals surface area contributed by atoms with Crippen LogP contribution >= 0.6 is 34.2 Å². The summed E-state index contributed by atoms with van der Waals surface area (Å²) >= 11 is 7.75. The fourth-order valence-corrected chi connectivity index (χ4v) is 1.26. The van der Waals surface area contributed by atoms with E-state index in [1.165, 1.54) is 0 Å². The standard InChI is InChI=1S/C7H9ClIN3/c1-12(3-2-8)7-10-4-6(9)5-11-7/h4-5H,2-3H2,1H3. The van der Waals surface area contributed by atoms with Gasteiger partial charge in [-0.3, -0.25) is 0 Å². The van der Waals surface area contributed by atoms with Crippen molar-refractivity contribution in [1.82, 2.24) is 9.97 Å². The summed E-state index contributed by atoms with van der Waals surface area (Å²) in [5.41, 5.74) is 0. The zero-order chi connectivity index (χ0) is 8.97. The summed E-state index contributed by atoms with van der Waals surface area (Å²) in [7, 11) is 1.92. The summed E-state index contributed by atoms with van der Waals surface area (Å²) < 4.78 is 1.04. The van der Waals surface area contributed by atoms with Crippen LogP contribution in [-0.4, -0.2) is 29.4 Å². The average molecular weight is 298 g/mol. The van der Waals surface area contributed by atoms with Crippen LogP contribution in [0.4, 0.5) is 5.95 Å².